The summed E-state index contributed by atoms with van der Waals surface area (Å²) < 4.78 is 15.0. The molecule has 0 spiro atoms. The van der Waals surface area contributed by atoms with E-state index in [9.17, 15) is 9.59 Å². The van der Waals surface area contributed by atoms with Crippen molar-refractivity contribution in [1.82, 2.24) is 10.1 Å². The van der Waals surface area contributed by atoms with Crippen molar-refractivity contribution >= 4 is 29.2 Å². The van der Waals surface area contributed by atoms with Gasteiger partial charge in [-0.1, -0.05) is 17.3 Å². The van der Waals surface area contributed by atoms with Crippen LogP contribution in [0.3, 0.4) is 0 Å². The van der Waals surface area contributed by atoms with Crippen molar-refractivity contribution in [2.24, 2.45) is 0 Å². The SMILES string of the molecule is CC1(C)OC(=O)C(=CNc2cccc(-c3noc(CCl)n3)c2)C(=O)O1. The first-order chi connectivity index (χ1) is 11.9. The van der Waals surface area contributed by atoms with Gasteiger partial charge in [-0.3, -0.25) is 0 Å². The van der Waals surface area contributed by atoms with Crippen molar-refractivity contribution in [3.8, 4) is 11.4 Å². The number of esters is 2. The Kier molecular flexibility index (Phi) is 4.45. The number of nitrogens with one attached hydrogen (secondary N) is 1. The topological polar surface area (TPSA) is 104 Å². The molecule has 0 bridgehead atoms. The Morgan fingerprint density at radius 2 is 1.96 bits per heavy atom. The standard InChI is InChI=1S/C16H14ClN3O5/c1-16(2)23-14(21)11(15(22)24-16)8-18-10-5-3-4-9(6-10)13-19-12(7-17)25-20-13/h3-6,8,18H,7H2,1-2H3. The van der Waals surface area contributed by atoms with Crippen LogP contribution in [0.15, 0.2) is 40.6 Å². The van der Waals surface area contributed by atoms with Gasteiger partial charge in [-0.25, -0.2) is 9.59 Å². The monoisotopic (exact) mass is 363 g/mol. The Morgan fingerprint density at radius 3 is 2.60 bits per heavy atom. The number of anilines is 1. The number of hydrogen-bond acceptors (Lipinski definition) is 8. The minimum Gasteiger partial charge on any atom is -0.419 e. The summed E-state index contributed by atoms with van der Waals surface area (Å²) in [6, 6.07) is 7.01. The van der Waals surface area contributed by atoms with Crippen LogP contribution < -0.4 is 5.32 Å². The third kappa shape index (κ3) is 3.80. The predicted octanol–water partition coefficient (Wildman–Crippen LogP) is 2.61. The zero-order valence-corrected chi connectivity index (χ0v) is 14.2. The molecule has 25 heavy (non-hydrogen) atoms. The van der Waals surface area contributed by atoms with E-state index in [0.717, 1.165) is 0 Å². The Bertz CT molecular complexity index is 837. The maximum atomic E-state index is 11.9. The third-order valence-electron chi connectivity index (χ3n) is 3.20. The third-order valence-corrected chi connectivity index (χ3v) is 3.43. The Balaban J connectivity index is 1.78. The number of benzene rings is 1. The molecular weight excluding hydrogens is 350 g/mol. The maximum absolute atomic E-state index is 11.9. The van der Waals surface area contributed by atoms with E-state index in [1.54, 1.807) is 24.3 Å². The van der Waals surface area contributed by atoms with E-state index in [1.165, 1.54) is 20.0 Å². The van der Waals surface area contributed by atoms with Gasteiger partial charge in [0.15, 0.2) is 5.57 Å². The lowest BCUT2D eigenvalue weighted by Gasteiger charge is -2.29. The molecule has 130 valence electrons. The molecule has 1 aliphatic heterocycles. The summed E-state index contributed by atoms with van der Waals surface area (Å²) in [5, 5.41) is 6.68. The number of ether oxygens (including phenoxy) is 2. The van der Waals surface area contributed by atoms with Crippen LogP contribution in [0.5, 0.6) is 0 Å². The average molecular weight is 364 g/mol. The fraction of sp³-hybridized carbons (Fsp3) is 0.250. The lowest BCUT2D eigenvalue weighted by Crippen LogP contribution is -2.42. The van der Waals surface area contributed by atoms with Gasteiger partial charge in [-0.2, -0.15) is 4.98 Å². The van der Waals surface area contributed by atoms with Crippen LogP contribution in [0.4, 0.5) is 5.69 Å². The first kappa shape index (κ1) is 17.0. The molecule has 9 heteroatoms. The quantitative estimate of drug-likeness (QED) is 0.382. The van der Waals surface area contributed by atoms with E-state index in [0.29, 0.717) is 23.0 Å². The Morgan fingerprint density at radius 1 is 1.24 bits per heavy atom. The molecule has 1 N–H and O–H groups in total. The highest BCUT2D eigenvalue weighted by molar-refractivity contribution is 6.16. The molecule has 0 amide bonds. The molecule has 0 unspecified atom stereocenters. The van der Waals surface area contributed by atoms with Crippen molar-refractivity contribution in [3.05, 3.63) is 41.9 Å². The van der Waals surface area contributed by atoms with Crippen LogP contribution in [0.2, 0.25) is 0 Å². The van der Waals surface area contributed by atoms with E-state index >= 15 is 0 Å². The molecule has 2 aromatic rings. The first-order valence-electron chi connectivity index (χ1n) is 7.30. The smallest absolute Gasteiger partial charge is 0.350 e. The zero-order chi connectivity index (χ0) is 18.0. The molecule has 1 aromatic carbocycles. The molecule has 1 aliphatic rings. The number of hydrogen-bond donors (Lipinski definition) is 1. The molecule has 1 fully saturated rings. The molecule has 0 saturated carbocycles. The lowest BCUT2D eigenvalue weighted by molar-refractivity contribution is -0.222. The van der Waals surface area contributed by atoms with E-state index in [4.69, 9.17) is 25.6 Å². The minimum absolute atomic E-state index is 0.123. The Hall–Kier alpha value is -2.87. The summed E-state index contributed by atoms with van der Waals surface area (Å²) in [4.78, 5) is 27.9. The van der Waals surface area contributed by atoms with Crippen LogP contribution in [-0.4, -0.2) is 27.9 Å². The molecule has 1 saturated heterocycles. The van der Waals surface area contributed by atoms with Crippen molar-refractivity contribution in [2.45, 2.75) is 25.5 Å². The second-order valence-corrected chi connectivity index (χ2v) is 5.87. The van der Waals surface area contributed by atoms with E-state index in [2.05, 4.69) is 15.5 Å². The lowest BCUT2D eigenvalue weighted by atomic mass is 10.2. The zero-order valence-electron chi connectivity index (χ0n) is 13.4. The second kappa shape index (κ2) is 6.56. The summed E-state index contributed by atoms with van der Waals surface area (Å²) in [6.45, 7) is 2.97. The fourth-order valence-corrected chi connectivity index (χ4v) is 2.22. The average Bonchev–Trinajstić information content (AvgIpc) is 3.02. The van der Waals surface area contributed by atoms with Gasteiger partial charge in [0.2, 0.25) is 11.7 Å². The van der Waals surface area contributed by atoms with Gasteiger partial charge in [0, 0.05) is 31.3 Å². The molecular formula is C16H14ClN3O5. The van der Waals surface area contributed by atoms with Crippen molar-refractivity contribution in [3.63, 3.8) is 0 Å². The number of alkyl halides is 1. The summed E-state index contributed by atoms with van der Waals surface area (Å²) in [7, 11) is 0. The Labute approximate surface area is 147 Å². The summed E-state index contributed by atoms with van der Waals surface area (Å²) in [5.41, 5.74) is 1.06. The predicted molar refractivity (Wildman–Crippen MR) is 87.3 cm³/mol. The van der Waals surface area contributed by atoms with Gasteiger partial charge >= 0.3 is 11.9 Å². The number of rotatable bonds is 4. The maximum Gasteiger partial charge on any atom is 0.350 e. The summed E-state index contributed by atoms with van der Waals surface area (Å²) in [6.07, 6.45) is 1.24. The highest BCUT2D eigenvalue weighted by Gasteiger charge is 2.38. The van der Waals surface area contributed by atoms with Crippen LogP contribution in [-0.2, 0) is 24.9 Å². The number of halogens is 1. The van der Waals surface area contributed by atoms with Gasteiger partial charge in [-0.05, 0) is 12.1 Å². The van der Waals surface area contributed by atoms with Crippen LogP contribution in [0.25, 0.3) is 11.4 Å². The number of aromatic nitrogens is 2. The number of carbonyl (C=O) groups is 2. The van der Waals surface area contributed by atoms with E-state index in [-0.39, 0.29) is 11.5 Å². The number of nitrogens with zero attached hydrogens (tertiary/aromatic N) is 2. The van der Waals surface area contributed by atoms with Crippen molar-refractivity contribution in [2.75, 3.05) is 5.32 Å². The highest BCUT2D eigenvalue weighted by Crippen LogP contribution is 2.24. The molecule has 0 atom stereocenters. The molecule has 0 radical (unpaired) electrons. The number of cyclic esters (lactones) is 2. The minimum atomic E-state index is -1.27. The molecule has 8 nitrogen and oxygen atoms in total. The first-order valence-corrected chi connectivity index (χ1v) is 7.84. The van der Waals surface area contributed by atoms with Gasteiger partial charge in [0.25, 0.3) is 5.79 Å². The van der Waals surface area contributed by atoms with Crippen molar-refractivity contribution < 1.29 is 23.6 Å². The number of carbonyl (C=O) groups excluding carboxylic acids is 2. The molecule has 2 heterocycles. The van der Waals surface area contributed by atoms with E-state index < -0.39 is 17.7 Å². The highest BCUT2D eigenvalue weighted by atomic mass is 35.5. The van der Waals surface area contributed by atoms with Gasteiger partial charge in [0.1, 0.15) is 5.88 Å². The van der Waals surface area contributed by atoms with Gasteiger partial charge < -0.3 is 19.3 Å². The molecule has 0 aliphatic carbocycles. The molecule has 1 aromatic heterocycles. The van der Waals surface area contributed by atoms with Crippen LogP contribution in [0.1, 0.15) is 19.7 Å². The molecule has 3 rings (SSSR count). The largest absolute Gasteiger partial charge is 0.419 e. The summed E-state index contributed by atoms with van der Waals surface area (Å²) >= 11 is 5.64. The van der Waals surface area contributed by atoms with E-state index in [1.807, 2.05) is 0 Å². The second-order valence-electron chi connectivity index (χ2n) is 5.61. The van der Waals surface area contributed by atoms with Crippen LogP contribution in [0, 0.1) is 0 Å². The van der Waals surface area contributed by atoms with Crippen molar-refractivity contribution in [1.29, 1.82) is 0 Å². The van der Waals surface area contributed by atoms with Gasteiger partial charge in [0.05, 0.1) is 0 Å². The van der Waals surface area contributed by atoms with Gasteiger partial charge in [-0.15, -0.1) is 11.6 Å². The van der Waals surface area contributed by atoms with Crippen LogP contribution >= 0.6 is 11.6 Å². The fourth-order valence-electron chi connectivity index (χ4n) is 2.11. The summed E-state index contributed by atoms with van der Waals surface area (Å²) in [5.74, 6) is -1.97. The normalized spacial score (nSPS) is 16.2.